The van der Waals surface area contributed by atoms with Crippen molar-refractivity contribution < 1.29 is 13.2 Å². The van der Waals surface area contributed by atoms with Gasteiger partial charge in [-0.1, -0.05) is 37.3 Å². The Labute approximate surface area is 201 Å². The Morgan fingerprint density at radius 2 is 1.85 bits per heavy atom. The summed E-state index contributed by atoms with van der Waals surface area (Å²) >= 11 is 0. The van der Waals surface area contributed by atoms with Gasteiger partial charge in [0.2, 0.25) is 0 Å². The van der Waals surface area contributed by atoms with Crippen molar-refractivity contribution in [2.75, 3.05) is 33.3 Å². The number of imidazole rings is 1. The minimum Gasteiger partial charge on any atom is -0.497 e. The SMILES string of the molecule is CCN1CCCC1CNS(=O)(=O)NCCc1[nH]c(-c2ccccc2)nc1-c1ccc(OC)cc1. The van der Waals surface area contributed by atoms with Crippen LogP contribution in [0.4, 0.5) is 0 Å². The third-order valence-corrected chi connectivity index (χ3v) is 7.40. The number of H-pyrrole nitrogens is 1. The van der Waals surface area contributed by atoms with Crippen LogP contribution >= 0.6 is 0 Å². The van der Waals surface area contributed by atoms with Gasteiger partial charge >= 0.3 is 0 Å². The lowest BCUT2D eigenvalue weighted by atomic mass is 10.1. The van der Waals surface area contributed by atoms with Gasteiger partial charge in [0, 0.05) is 42.4 Å². The Balaban J connectivity index is 1.45. The maximum Gasteiger partial charge on any atom is 0.276 e. The molecule has 3 aromatic rings. The molecule has 1 saturated heterocycles. The van der Waals surface area contributed by atoms with E-state index in [9.17, 15) is 8.42 Å². The third-order valence-electron chi connectivity index (χ3n) is 6.27. The lowest BCUT2D eigenvalue weighted by molar-refractivity contribution is 0.268. The van der Waals surface area contributed by atoms with Gasteiger partial charge in [0.05, 0.1) is 12.8 Å². The number of nitrogens with one attached hydrogen (secondary N) is 3. The molecule has 0 saturated carbocycles. The first kappa shape index (κ1) is 24.4. The second kappa shape index (κ2) is 11.1. The molecule has 182 valence electrons. The summed E-state index contributed by atoms with van der Waals surface area (Å²) in [5, 5.41) is 0. The molecule has 8 nitrogen and oxygen atoms in total. The zero-order valence-corrected chi connectivity index (χ0v) is 20.6. The van der Waals surface area contributed by atoms with Crippen molar-refractivity contribution in [2.24, 2.45) is 0 Å². The van der Waals surface area contributed by atoms with E-state index in [4.69, 9.17) is 9.72 Å². The number of aromatic nitrogens is 2. The highest BCUT2D eigenvalue weighted by molar-refractivity contribution is 7.87. The molecule has 0 spiro atoms. The molecule has 4 rings (SSSR count). The second-order valence-corrected chi connectivity index (χ2v) is 10.0. The molecule has 2 aromatic carbocycles. The van der Waals surface area contributed by atoms with Crippen molar-refractivity contribution >= 4 is 10.2 Å². The zero-order chi connectivity index (χ0) is 24.0. The summed E-state index contributed by atoms with van der Waals surface area (Å²) in [7, 11) is -1.95. The van der Waals surface area contributed by atoms with Crippen LogP contribution in [0.1, 0.15) is 25.5 Å². The molecule has 9 heteroatoms. The van der Waals surface area contributed by atoms with Gasteiger partial charge in [-0.05, 0) is 50.2 Å². The largest absolute Gasteiger partial charge is 0.497 e. The van der Waals surface area contributed by atoms with E-state index in [-0.39, 0.29) is 12.6 Å². The van der Waals surface area contributed by atoms with Crippen LogP contribution < -0.4 is 14.2 Å². The van der Waals surface area contributed by atoms with Gasteiger partial charge in [-0.3, -0.25) is 4.90 Å². The lowest BCUT2D eigenvalue weighted by Crippen LogP contribution is -2.44. The van der Waals surface area contributed by atoms with Crippen molar-refractivity contribution in [3.05, 3.63) is 60.3 Å². The van der Waals surface area contributed by atoms with Crippen LogP contribution in [-0.4, -0.2) is 62.6 Å². The summed E-state index contributed by atoms with van der Waals surface area (Å²) in [5.74, 6) is 1.52. The molecule has 1 fully saturated rings. The quantitative estimate of drug-likeness (QED) is 0.389. The second-order valence-electron chi connectivity index (χ2n) is 8.43. The number of likely N-dealkylation sites (N-methyl/N-ethyl adjacent to an activating group) is 1. The topological polar surface area (TPSA) is 99.4 Å². The molecule has 1 aliphatic heterocycles. The number of ether oxygens (including phenoxy) is 1. The monoisotopic (exact) mass is 483 g/mol. The average molecular weight is 484 g/mol. The fraction of sp³-hybridized carbons (Fsp3) is 0.400. The maximum atomic E-state index is 12.5. The fourth-order valence-electron chi connectivity index (χ4n) is 4.42. The van der Waals surface area contributed by atoms with Crippen LogP contribution in [0.3, 0.4) is 0 Å². The Morgan fingerprint density at radius 3 is 2.56 bits per heavy atom. The van der Waals surface area contributed by atoms with E-state index in [2.05, 4.69) is 26.3 Å². The average Bonchev–Trinajstić information content (AvgIpc) is 3.50. The first-order chi connectivity index (χ1) is 16.5. The van der Waals surface area contributed by atoms with Gasteiger partial charge in [0.1, 0.15) is 11.6 Å². The Bertz CT molecular complexity index is 1160. The van der Waals surface area contributed by atoms with Gasteiger partial charge in [0.15, 0.2) is 0 Å². The van der Waals surface area contributed by atoms with Gasteiger partial charge in [-0.15, -0.1) is 0 Å². The number of benzene rings is 2. The summed E-state index contributed by atoms with van der Waals surface area (Å²) in [4.78, 5) is 10.5. The highest BCUT2D eigenvalue weighted by Gasteiger charge is 2.24. The number of hydrogen-bond donors (Lipinski definition) is 3. The van der Waals surface area contributed by atoms with E-state index in [1.54, 1.807) is 7.11 Å². The van der Waals surface area contributed by atoms with E-state index in [1.165, 1.54) is 0 Å². The molecule has 3 N–H and O–H groups in total. The molecule has 0 amide bonds. The van der Waals surface area contributed by atoms with Crippen LogP contribution in [0, 0.1) is 0 Å². The zero-order valence-electron chi connectivity index (χ0n) is 19.8. The molecule has 0 radical (unpaired) electrons. The van der Waals surface area contributed by atoms with Gasteiger partial charge in [-0.2, -0.15) is 8.42 Å². The summed E-state index contributed by atoms with van der Waals surface area (Å²) in [6.07, 6.45) is 2.62. The van der Waals surface area contributed by atoms with Gasteiger partial charge < -0.3 is 9.72 Å². The van der Waals surface area contributed by atoms with Crippen molar-refractivity contribution in [1.82, 2.24) is 24.3 Å². The summed E-state index contributed by atoms with van der Waals surface area (Å²) in [5.41, 5.74) is 3.59. The standard InChI is InChI=1S/C25H33N5O3S/c1-3-30-17-7-10-21(30)18-27-34(31,32)26-16-15-23-24(19-11-13-22(33-2)14-12-19)29-25(28-23)20-8-5-4-6-9-20/h4-6,8-9,11-14,21,26-27H,3,7,10,15-18H2,1-2H3,(H,28,29). The van der Waals surface area contributed by atoms with Gasteiger partial charge in [0.25, 0.3) is 10.2 Å². The molecule has 1 unspecified atom stereocenters. The molecule has 0 aliphatic carbocycles. The number of aromatic amines is 1. The summed E-state index contributed by atoms with van der Waals surface area (Å²) in [6, 6.07) is 17.9. The van der Waals surface area contributed by atoms with E-state index < -0.39 is 10.2 Å². The maximum absolute atomic E-state index is 12.5. The van der Waals surface area contributed by atoms with Crippen molar-refractivity contribution in [3.8, 4) is 28.4 Å². The predicted molar refractivity (Wildman–Crippen MR) is 135 cm³/mol. The molecular weight excluding hydrogens is 450 g/mol. The number of likely N-dealkylation sites (tertiary alicyclic amines) is 1. The molecule has 1 aliphatic rings. The smallest absolute Gasteiger partial charge is 0.276 e. The number of rotatable bonds is 11. The minimum absolute atomic E-state index is 0.261. The first-order valence-electron chi connectivity index (χ1n) is 11.8. The molecule has 1 atom stereocenters. The van der Waals surface area contributed by atoms with Crippen LogP contribution in [0.25, 0.3) is 22.6 Å². The Hall–Kier alpha value is -2.72. The number of methoxy groups -OCH3 is 1. The molecule has 1 aromatic heterocycles. The number of nitrogens with zero attached hydrogens (tertiary/aromatic N) is 2. The van der Waals surface area contributed by atoms with Crippen molar-refractivity contribution in [3.63, 3.8) is 0 Å². The van der Waals surface area contributed by atoms with Crippen molar-refractivity contribution in [1.29, 1.82) is 0 Å². The molecule has 34 heavy (non-hydrogen) atoms. The first-order valence-corrected chi connectivity index (χ1v) is 13.2. The van der Waals surface area contributed by atoms with E-state index in [0.717, 1.165) is 60.0 Å². The van der Waals surface area contributed by atoms with E-state index >= 15 is 0 Å². The summed E-state index contributed by atoms with van der Waals surface area (Å²) in [6.45, 7) is 4.78. The van der Waals surface area contributed by atoms with Crippen LogP contribution in [-0.2, 0) is 16.6 Å². The molecule has 2 heterocycles. The van der Waals surface area contributed by atoms with Crippen molar-refractivity contribution in [2.45, 2.75) is 32.2 Å². The molecular formula is C25H33N5O3S. The van der Waals surface area contributed by atoms with Gasteiger partial charge in [-0.25, -0.2) is 14.4 Å². The minimum atomic E-state index is -3.58. The number of hydrogen-bond acceptors (Lipinski definition) is 5. The van der Waals surface area contributed by atoms with E-state index in [1.807, 2.05) is 54.6 Å². The normalized spacial score (nSPS) is 16.7. The fourth-order valence-corrected chi connectivity index (χ4v) is 5.31. The summed E-state index contributed by atoms with van der Waals surface area (Å²) < 4.78 is 35.8. The predicted octanol–water partition coefficient (Wildman–Crippen LogP) is 3.20. The van der Waals surface area contributed by atoms with E-state index in [0.29, 0.717) is 13.0 Å². The third kappa shape index (κ3) is 6.04. The lowest BCUT2D eigenvalue weighted by Gasteiger charge is -2.22. The van der Waals surface area contributed by atoms with Crippen LogP contribution in [0.2, 0.25) is 0 Å². The van der Waals surface area contributed by atoms with Crippen LogP contribution in [0.5, 0.6) is 5.75 Å². The Kier molecular flexibility index (Phi) is 7.99. The highest BCUT2D eigenvalue weighted by atomic mass is 32.2. The highest BCUT2D eigenvalue weighted by Crippen LogP contribution is 2.28. The molecule has 0 bridgehead atoms. The Morgan fingerprint density at radius 1 is 1.09 bits per heavy atom. The van der Waals surface area contributed by atoms with Crippen LogP contribution in [0.15, 0.2) is 54.6 Å².